The van der Waals surface area contributed by atoms with E-state index >= 15 is 0 Å². The number of carbonyl (C=O) groups is 1. The highest BCUT2D eigenvalue weighted by atomic mass is 16.1. The lowest BCUT2D eigenvalue weighted by atomic mass is 10.0. The van der Waals surface area contributed by atoms with Crippen molar-refractivity contribution in [2.45, 2.75) is 19.9 Å². The second-order valence-electron chi connectivity index (χ2n) is 4.80. The number of piperazine rings is 1. The summed E-state index contributed by atoms with van der Waals surface area (Å²) in [6.07, 6.45) is 0. The zero-order chi connectivity index (χ0) is 13.3. The van der Waals surface area contributed by atoms with Crippen molar-refractivity contribution in [3.63, 3.8) is 0 Å². The molecule has 1 aliphatic heterocycles. The van der Waals surface area contributed by atoms with Crippen LogP contribution in [0.5, 0.6) is 0 Å². The third kappa shape index (κ3) is 2.26. The van der Waals surface area contributed by atoms with E-state index in [0.29, 0.717) is 0 Å². The molecular formula is C12H21N5O. The molecule has 100 valence electrons. The van der Waals surface area contributed by atoms with Gasteiger partial charge in [-0.1, -0.05) is 0 Å². The number of carbonyl (C=O) groups excluding carboxylic acids is 1. The summed E-state index contributed by atoms with van der Waals surface area (Å²) >= 11 is 0. The number of rotatable bonds is 3. The summed E-state index contributed by atoms with van der Waals surface area (Å²) in [5.41, 5.74) is 8.47. The Kier molecular flexibility index (Phi) is 3.68. The molecule has 1 saturated heterocycles. The van der Waals surface area contributed by atoms with Crippen LogP contribution in [-0.4, -0.2) is 46.8 Å². The molecule has 0 aromatic carbocycles. The zero-order valence-electron chi connectivity index (χ0n) is 11.2. The quantitative estimate of drug-likeness (QED) is 0.757. The lowest BCUT2D eigenvalue weighted by Gasteiger charge is -2.33. The largest absolute Gasteiger partial charge is 0.368 e. The van der Waals surface area contributed by atoms with Crippen LogP contribution in [-0.2, 0) is 11.8 Å². The number of nitrogens with one attached hydrogen (secondary N) is 1. The first-order chi connectivity index (χ1) is 8.52. The Morgan fingerprint density at radius 1 is 1.39 bits per heavy atom. The van der Waals surface area contributed by atoms with Crippen molar-refractivity contribution in [1.82, 2.24) is 20.0 Å². The Hall–Kier alpha value is -1.40. The summed E-state index contributed by atoms with van der Waals surface area (Å²) < 4.78 is 1.81. The van der Waals surface area contributed by atoms with Crippen LogP contribution in [0.1, 0.15) is 23.0 Å². The first kappa shape index (κ1) is 13.0. The second kappa shape index (κ2) is 5.07. The summed E-state index contributed by atoms with van der Waals surface area (Å²) in [5.74, 6) is -0.295. The van der Waals surface area contributed by atoms with E-state index in [4.69, 9.17) is 5.73 Å². The van der Waals surface area contributed by atoms with Crippen molar-refractivity contribution in [3.8, 4) is 0 Å². The van der Waals surface area contributed by atoms with Gasteiger partial charge in [0.25, 0.3) is 0 Å². The van der Waals surface area contributed by atoms with Crippen LogP contribution in [0.4, 0.5) is 0 Å². The molecule has 0 saturated carbocycles. The lowest BCUT2D eigenvalue weighted by Crippen LogP contribution is -2.48. The molecule has 18 heavy (non-hydrogen) atoms. The van der Waals surface area contributed by atoms with Gasteiger partial charge in [-0.3, -0.25) is 14.4 Å². The Labute approximate surface area is 107 Å². The normalized spacial score (nSPS) is 18.8. The van der Waals surface area contributed by atoms with E-state index in [9.17, 15) is 4.79 Å². The van der Waals surface area contributed by atoms with E-state index in [1.54, 1.807) is 0 Å². The molecule has 0 bridgehead atoms. The highest BCUT2D eigenvalue weighted by Crippen LogP contribution is 2.26. The third-order valence-electron chi connectivity index (χ3n) is 3.62. The highest BCUT2D eigenvalue weighted by molar-refractivity contribution is 5.82. The van der Waals surface area contributed by atoms with E-state index in [0.717, 1.165) is 43.1 Å². The maximum absolute atomic E-state index is 11.8. The molecule has 1 aromatic heterocycles. The van der Waals surface area contributed by atoms with E-state index in [1.165, 1.54) is 0 Å². The second-order valence-corrected chi connectivity index (χ2v) is 4.80. The number of amides is 1. The Morgan fingerprint density at radius 2 is 2.00 bits per heavy atom. The van der Waals surface area contributed by atoms with Gasteiger partial charge < -0.3 is 11.1 Å². The first-order valence-corrected chi connectivity index (χ1v) is 6.26. The van der Waals surface area contributed by atoms with Crippen LogP contribution in [0.2, 0.25) is 0 Å². The Morgan fingerprint density at radius 3 is 2.44 bits per heavy atom. The fourth-order valence-electron chi connectivity index (χ4n) is 2.63. The van der Waals surface area contributed by atoms with Gasteiger partial charge in [0.1, 0.15) is 6.04 Å². The van der Waals surface area contributed by atoms with Gasteiger partial charge in [-0.15, -0.1) is 0 Å². The van der Waals surface area contributed by atoms with Crippen molar-refractivity contribution >= 4 is 5.91 Å². The van der Waals surface area contributed by atoms with E-state index in [1.807, 2.05) is 25.6 Å². The predicted molar refractivity (Wildman–Crippen MR) is 69.1 cm³/mol. The van der Waals surface area contributed by atoms with Gasteiger partial charge in [0.2, 0.25) is 5.91 Å². The Balaban J connectivity index is 2.37. The average Bonchev–Trinajstić information content (AvgIpc) is 2.57. The van der Waals surface area contributed by atoms with Crippen LogP contribution in [0.15, 0.2) is 0 Å². The summed E-state index contributed by atoms with van der Waals surface area (Å²) in [7, 11) is 1.89. The van der Waals surface area contributed by atoms with Crippen molar-refractivity contribution in [2.75, 3.05) is 26.2 Å². The van der Waals surface area contributed by atoms with Crippen molar-refractivity contribution < 1.29 is 4.79 Å². The molecule has 6 heteroatoms. The van der Waals surface area contributed by atoms with Crippen LogP contribution in [0.25, 0.3) is 0 Å². The molecule has 1 unspecified atom stereocenters. The Bertz CT molecular complexity index is 448. The van der Waals surface area contributed by atoms with E-state index < -0.39 is 0 Å². The molecule has 1 aliphatic rings. The van der Waals surface area contributed by atoms with Crippen LogP contribution >= 0.6 is 0 Å². The molecule has 0 radical (unpaired) electrons. The van der Waals surface area contributed by atoms with Crippen LogP contribution in [0, 0.1) is 13.8 Å². The smallest absolute Gasteiger partial charge is 0.239 e. The third-order valence-corrected chi connectivity index (χ3v) is 3.62. The monoisotopic (exact) mass is 251 g/mol. The minimum atomic E-state index is -0.360. The van der Waals surface area contributed by atoms with Gasteiger partial charge in [-0.25, -0.2) is 0 Å². The number of nitrogens with two attached hydrogens (primary N) is 1. The minimum Gasteiger partial charge on any atom is -0.368 e. The van der Waals surface area contributed by atoms with Crippen molar-refractivity contribution in [2.24, 2.45) is 12.8 Å². The first-order valence-electron chi connectivity index (χ1n) is 6.26. The fraction of sp³-hybridized carbons (Fsp3) is 0.667. The lowest BCUT2D eigenvalue weighted by molar-refractivity contribution is -0.123. The van der Waals surface area contributed by atoms with E-state index in [-0.39, 0.29) is 11.9 Å². The molecule has 3 N–H and O–H groups in total. The summed E-state index contributed by atoms with van der Waals surface area (Å²) in [5, 5.41) is 7.66. The number of hydrogen-bond donors (Lipinski definition) is 2. The van der Waals surface area contributed by atoms with Gasteiger partial charge >= 0.3 is 0 Å². The van der Waals surface area contributed by atoms with Gasteiger partial charge in [-0.05, 0) is 13.8 Å². The zero-order valence-corrected chi connectivity index (χ0v) is 11.2. The molecule has 1 amide bonds. The van der Waals surface area contributed by atoms with Crippen LogP contribution in [0.3, 0.4) is 0 Å². The minimum absolute atomic E-state index is 0.295. The maximum Gasteiger partial charge on any atom is 0.239 e. The maximum atomic E-state index is 11.8. The van der Waals surface area contributed by atoms with Gasteiger partial charge in [0.05, 0.1) is 5.69 Å². The number of nitrogens with zero attached hydrogens (tertiary/aromatic N) is 3. The van der Waals surface area contributed by atoms with Crippen LogP contribution < -0.4 is 11.1 Å². The molecule has 2 heterocycles. The van der Waals surface area contributed by atoms with Gasteiger partial charge in [0.15, 0.2) is 0 Å². The molecule has 1 aromatic rings. The summed E-state index contributed by atoms with van der Waals surface area (Å²) in [6, 6.07) is -0.360. The molecule has 0 aliphatic carbocycles. The van der Waals surface area contributed by atoms with Crippen molar-refractivity contribution in [1.29, 1.82) is 0 Å². The van der Waals surface area contributed by atoms with Gasteiger partial charge in [-0.2, -0.15) is 5.10 Å². The summed E-state index contributed by atoms with van der Waals surface area (Å²) in [6.45, 7) is 7.36. The van der Waals surface area contributed by atoms with Gasteiger partial charge in [0, 0.05) is 44.5 Å². The standard InChI is InChI=1S/C12H21N5O/c1-8-10(9(2)16(3)15-8)11(12(13)18)17-6-4-14-5-7-17/h11,14H,4-7H2,1-3H3,(H2,13,18). The fourth-order valence-corrected chi connectivity index (χ4v) is 2.63. The highest BCUT2D eigenvalue weighted by Gasteiger charge is 2.31. The SMILES string of the molecule is Cc1nn(C)c(C)c1C(C(N)=O)N1CCNCC1. The molecule has 2 rings (SSSR count). The number of aryl methyl sites for hydroxylation is 2. The topological polar surface area (TPSA) is 76.2 Å². The molecule has 6 nitrogen and oxygen atoms in total. The van der Waals surface area contributed by atoms with Crippen molar-refractivity contribution in [3.05, 3.63) is 17.0 Å². The molecule has 0 spiro atoms. The molecular weight excluding hydrogens is 230 g/mol. The number of primary amides is 1. The summed E-state index contributed by atoms with van der Waals surface area (Å²) in [4.78, 5) is 14.0. The number of aromatic nitrogens is 2. The predicted octanol–water partition coefficient (Wildman–Crippen LogP) is -0.531. The average molecular weight is 251 g/mol. The molecule has 1 fully saturated rings. The molecule has 1 atom stereocenters. The van der Waals surface area contributed by atoms with E-state index in [2.05, 4.69) is 15.3 Å². The number of hydrogen-bond acceptors (Lipinski definition) is 4.